The minimum absolute atomic E-state index is 0.0114. The maximum atomic E-state index is 11.2. The highest BCUT2D eigenvalue weighted by molar-refractivity contribution is 6.31. The summed E-state index contributed by atoms with van der Waals surface area (Å²) in [7, 11) is 0. The maximum absolute atomic E-state index is 11.2. The lowest BCUT2D eigenvalue weighted by Crippen LogP contribution is -2.06. The number of ether oxygens (including phenoxy) is 1. The van der Waals surface area contributed by atoms with Crippen LogP contribution in [0.25, 0.3) is 22.3 Å². The second kappa shape index (κ2) is 7.58. The van der Waals surface area contributed by atoms with E-state index < -0.39 is 4.92 Å². The van der Waals surface area contributed by atoms with E-state index >= 15 is 0 Å². The Bertz CT molecular complexity index is 939. The van der Waals surface area contributed by atoms with Gasteiger partial charge in [0, 0.05) is 22.7 Å². The molecular weight excluding hydrogens is 350 g/mol. The molecular formula is C21H18ClNO3. The molecule has 0 aliphatic rings. The SMILES string of the molecule is CC(C)Oc1ccc([N+](=O)[O-])cc1-c1cc(Cl)cc(-c2ccccc2)c1. The first kappa shape index (κ1) is 18.0. The Balaban J connectivity index is 2.17. The standard InChI is InChI=1S/C21H18ClNO3/c1-14(2)26-21-9-8-19(23(24)25)13-20(21)17-10-16(11-18(22)12-17)15-6-4-3-5-7-15/h3-14H,1-2H3. The molecule has 0 bridgehead atoms. The minimum Gasteiger partial charge on any atom is -0.490 e. The molecule has 26 heavy (non-hydrogen) atoms. The summed E-state index contributed by atoms with van der Waals surface area (Å²) >= 11 is 6.34. The summed E-state index contributed by atoms with van der Waals surface area (Å²) in [4.78, 5) is 10.8. The molecule has 0 fully saturated rings. The van der Waals surface area contributed by atoms with E-state index in [4.69, 9.17) is 16.3 Å². The van der Waals surface area contributed by atoms with Crippen LogP contribution >= 0.6 is 11.6 Å². The third-order valence-corrected chi connectivity index (χ3v) is 4.07. The number of hydrogen-bond donors (Lipinski definition) is 0. The molecule has 0 unspecified atom stereocenters. The van der Waals surface area contributed by atoms with Gasteiger partial charge in [-0.25, -0.2) is 0 Å². The smallest absolute Gasteiger partial charge is 0.270 e. The number of nitrogens with zero attached hydrogens (tertiary/aromatic N) is 1. The number of nitro groups is 1. The van der Waals surface area contributed by atoms with Gasteiger partial charge < -0.3 is 4.74 Å². The zero-order valence-electron chi connectivity index (χ0n) is 14.5. The number of benzene rings is 3. The molecule has 0 heterocycles. The van der Waals surface area contributed by atoms with Crippen molar-refractivity contribution < 1.29 is 9.66 Å². The molecule has 0 aromatic heterocycles. The van der Waals surface area contributed by atoms with Gasteiger partial charge in [0.05, 0.1) is 11.0 Å². The summed E-state index contributed by atoms with van der Waals surface area (Å²) in [6.45, 7) is 3.83. The normalized spacial score (nSPS) is 10.8. The molecule has 3 aromatic carbocycles. The topological polar surface area (TPSA) is 52.4 Å². The molecule has 0 saturated heterocycles. The zero-order chi connectivity index (χ0) is 18.7. The first-order valence-corrected chi connectivity index (χ1v) is 8.63. The van der Waals surface area contributed by atoms with Gasteiger partial charge >= 0.3 is 0 Å². The van der Waals surface area contributed by atoms with Crippen molar-refractivity contribution in [3.05, 3.63) is 81.9 Å². The quantitative estimate of drug-likeness (QED) is 0.389. The van der Waals surface area contributed by atoms with Gasteiger partial charge in [-0.3, -0.25) is 10.1 Å². The van der Waals surface area contributed by atoms with Crippen LogP contribution in [0.15, 0.2) is 66.7 Å². The fourth-order valence-electron chi connectivity index (χ4n) is 2.76. The van der Waals surface area contributed by atoms with Crippen LogP contribution in [0.4, 0.5) is 5.69 Å². The Labute approximate surface area is 157 Å². The third kappa shape index (κ3) is 4.03. The lowest BCUT2D eigenvalue weighted by atomic mass is 9.98. The molecule has 0 radical (unpaired) electrons. The second-order valence-electron chi connectivity index (χ2n) is 6.20. The molecule has 132 valence electrons. The van der Waals surface area contributed by atoms with Crippen LogP contribution in [0, 0.1) is 10.1 Å². The first-order chi connectivity index (χ1) is 12.4. The Kier molecular flexibility index (Phi) is 5.24. The van der Waals surface area contributed by atoms with Gasteiger partial charge in [0.1, 0.15) is 5.75 Å². The van der Waals surface area contributed by atoms with E-state index in [-0.39, 0.29) is 11.8 Å². The largest absolute Gasteiger partial charge is 0.490 e. The Morgan fingerprint density at radius 2 is 1.62 bits per heavy atom. The lowest BCUT2D eigenvalue weighted by Gasteiger charge is -2.15. The predicted molar refractivity (Wildman–Crippen MR) is 105 cm³/mol. The van der Waals surface area contributed by atoms with Crippen LogP contribution in [0.2, 0.25) is 5.02 Å². The fourth-order valence-corrected chi connectivity index (χ4v) is 2.99. The number of halogens is 1. The van der Waals surface area contributed by atoms with Crippen LogP contribution in [0.3, 0.4) is 0 Å². The highest BCUT2D eigenvalue weighted by Gasteiger charge is 2.16. The summed E-state index contributed by atoms with van der Waals surface area (Å²) in [5.41, 5.74) is 3.39. The van der Waals surface area contributed by atoms with Crippen molar-refractivity contribution in [1.82, 2.24) is 0 Å². The van der Waals surface area contributed by atoms with Gasteiger partial charge in [0.2, 0.25) is 0 Å². The Morgan fingerprint density at radius 1 is 0.923 bits per heavy atom. The van der Waals surface area contributed by atoms with Crippen LogP contribution in [0.1, 0.15) is 13.8 Å². The summed E-state index contributed by atoms with van der Waals surface area (Å²) in [5, 5.41) is 11.8. The van der Waals surface area contributed by atoms with Crippen molar-refractivity contribution in [2.24, 2.45) is 0 Å². The molecule has 0 N–H and O–H groups in total. The van der Waals surface area contributed by atoms with E-state index in [9.17, 15) is 10.1 Å². The van der Waals surface area contributed by atoms with E-state index in [1.807, 2.05) is 56.3 Å². The van der Waals surface area contributed by atoms with Crippen molar-refractivity contribution in [2.45, 2.75) is 20.0 Å². The number of non-ortho nitro benzene ring substituents is 1. The molecule has 3 rings (SSSR count). The molecule has 4 nitrogen and oxygen atoms in total. The molecule has 0 amide bonds. The van der Waals surface area contributed by atoms with Crippen molar-refractivity contribution in [3.63, 3.8) is 0 Å². The monoisotopic (exact) mass is 367 g/mol. The summed E-state index contributed by atoms with van der Waals surface area (Å²) in [5.74, 6) is 0.590. The van der Waals surface area contributed by atoms with E-state index in [0.717, 1.165) is 16.7 Å². The molecule has 5 heteroatoms. The van der Waals surface area contributed by atoms with Gasteiger partial charge in [-0.2, -0.15) is 0 Å². The Morgan fingerprint density at radius 3 is 2.27 bits per heavy atom. The Hall–Kier alpha value is -2.85. The molecule has 0 spiro atoms. The highest BCUT2D eigenvalue weighted by atomic mass is 35.5. The van der Waals surface area contributed by atoms with Gasteiger partial charge in [-0.05, 0) is 54.8 Å². The van der Waals surface area contributed by atoms with Crippen LogP contribution in [-0.2, 0) is 0 Å². The molecule has 0 aliphatic heterocycles. The van der Waals surface area contributed by atoms with E-state index in [1.165, 1.54) is 12.1 Å². The number of nitro benzene ring substituents is 1. The molecule has 0 atom stereocenters. The third-order valence-electron chi connectivity index (χ3n) is 3.85. The van der Waals surface area contributed by atoms with Crippen molar-refractivity contribution in [3.8, 4) is 28.0 Å². The second-order valence-corrected chi connectivity index (χ2v) is 6.64. The van der Waals surface area contributed by atoms with Gasteiger partial charge in [0.15, 0.2) is 0 Å². The molecule has 3 aromatic rings. The van der Waals surface area contributed by atoms with E-state index in [1.54, 1.807) is 12.1 Å². The van der Waals surface area contributed by atoms with Gasteiger partial charge in [-0.15, -0.1) is 0 Å². The number of hydrogen-bond acceptors (Lipinski definition) is 3. The zero-order valence-corrected chi connectivity index (χ0v) is 15.2. The van der Waals surface area contributed by atoms with E-state index in [0.29, 0.717) is 16.3 Å². The average molecular weight is 368 g/mol. The van der Waals surface area contributed by atoms with Crippen molar-refractivity contribution in [2.75, 3.05) is 0 Å². The van der Waals surface area contributed by atoms with Gasteiger partial charge in [0.25, 0.3) is 5.69 Å². The molecule has 0 saturated carbocycles. The van der Waals surface area contributed by atoms with Crippen molar-refractivity contribution in [1.29, 1.82) is 0 Å². The minimum atomic E-state index is -0.411. The summed E-state index contributed by atoms with van der Waals surface area (Å²) < 4.78 is 5.85. The number of rotatable bonds is 5. The lowest BCUT2D eigenvalue weighted by molar-refractivity contribution is -0.384. The van der Waals surface area contributed by atoms with E-state index in [2.05, 4.69) is 0 Å². The average Bonchev–Trinajstić information content (AvgIpc) is 2.61. The maximum Gasteiger partial charge on any atom is 0.270 e. The summed E-state index contributed by atoms with van der Waals surface area (Å²) in [6.07, 6.45) is -0.0528. The first-order valence-electron chi connectivity index (χ1n) is 8.25. The molecule has 0 aliphatic carbocycles. The fraction of sp³-hybridized carbons (Fsp3) is 0.143. The summed E-state index contributed by atoms with van der Waals surface area (Å²) in [6, 6.07) is 20.1. The predicted octanol–water partition coefficient (Wildman–Crippen LogP) is 6.37. The van der Waals surface area contributed by atoms with Crippen LogP contribution in [0.5, 0.6) is 5.75 Å². The van der Waals surface area contributed by atoms with Crippen LogP contribution < -0.4 is 4.74 Å². The van der Waals surface area contributed by atoms with Crippen molar-refractivity contribution >= 4 is 17.3 Å². The van der Waals surface area contributed by atoms with Gasteiger partial charge in [-0.1, -0.05) is 41.9 Å². The highest BCUT2D eigenvalue weighted by Crippen LogP contribution is 2.37. The van der Waals surface area contributed by atoms with Crippen LogP contribution in [-0.4, -0.2) is 11.0 Å².